The molecule has 3 heteroatoms. The number of ether oxygens (including phenoxy) is 1. The van der Waals surface area contributed by atoms with E-state index in [-0.39, 0.29) is 0 Å². The Morgan fingerprint density at radius 2 is 2.09 bits per heavy atom. The third-order valence-corrected chi connectivity index (χ3v) is 4.01. The van der Waals surface area contributed by atoms with Gasteiger partial charge in [-0.05, 0) is 10.9 Å². The van der Waals surface area contributed by atoms with Gasteiger partial charge in [-0.25, -0.2) is 0 Å². The Kier molecular flexibility index (Phi) is 3.94. The minimum absolute atomic E-state index is 0.351. The molecule has 2 nitrogen and oxygen atoms in total. The van der Waals surface area contributed by atoms with Crippen LogP contribution >= 0.6 is 0 Å². The lowest BCUT2D eigenvalue weighted by Gasteiger charge is -2.13. The first-order chi connectivity index (χ1) is 5.33. The molecule has 0 atom stereocenters. The zero-order valence-electron chi connectivity index (χ0n) is 6.97. The molecule has 1 saturated heterocycles. The molecule has 0 aromatic carbocycles. The van der Waals surface area contributed by atoms with Crippen molar-refractivity contribution in [2.45, 2.75) is 13.3 Å². The molecule has 0 radical (unpaired) electrons. The second-order valence-electron chi connectivity index (χ2n) is 2.67. The molecule has 0 aromatic heterocycles. The normalized spacial score (nSPS) is 20.1. The van der Waals surface area contributed by atoms with E-state index in [0.717, 1.165) is 30.5 Å². The van der Waals surface area contributed by atoms with Crippen LogP contribution in [0.25, 0.3) is 0 Å². The Labute approximate surface area is 70.7 Å². The van der Waals surface area contributed by atoms with Crippen LogP contribution in [0.4, 0.5) is 0 Å². The number of rotatable bonds is 3. The first kappa shape index (κ1) is 9.07. The second-order valence-corrected chi connectivity index (χ2v) is 5.00. The minimum Gasteiger partial charge on any atom is -0.372 e. The summed E-state index contributed by atoms with van der Waals surface area (Å²) in [5, 5.41) is 0. The molecule has 64 valence electrons. The summed E-state index contributed by atoms with van der Waals surface area (Å²) in [4.78, 5) is 11.0. The molecule has 1 fully saturated rings. The van der Waals surface area contributed by atoms with Gasteiger partial charge in [0.1, 0.15) is 11.5 Å². The summed E-state index contributed by atoms with van der Waals surface area (Å²) in [7, 11) is 0.351. The van der Waals surface area contributed by atoms with E-state index in [1.165, 1.54) is 0 Å². The van der Waals surface area contributed by atoms with Crippen molar-refractivity contribution in [3.63, 3.8) is 0 Å². The molecule has 0 saturated carbocycles. The summed E-state index contributed by atoms with van der Waals surface area (Å²) in [6.07, 6.45) is 0.699. The summed E-state index contributed by atoms with van der Waals surface area (Å²) in [6.45, 7) is 3.66. The second kappa shape index (κ2) is 4.78. The van der Waals surface area contributed by atoms with Gasteiger partial charge in [-0.3, -0.25) is 4.79 Å². The van der Waals surface area contributed by atoms with Crippen molar-refractivity contribution < 1.29 is 9.53 Å². The predicted octanol–water partition coefficient (Wildman–Crippen LogP) is 0.614. The van der Waals surface area contributed by atoms with Gasteiger partial charge in [0.15, 0.2) is 11.5 Å². The zero-order valence-corrected chi connectivity index (χ0v) is 7.78. The average Bonchev–Trinajstić information content (AvgIpc) is 2.06. The maximum Gasteiger partial charge on any atom is 0.181 e. The first-order valence-electron chi connectivity index (χ1n) is 4.06. The summed E-state index contributed by atoms with van der Waals surface area (Å²) in [6, 6.07) is 0. The highest BCUT2D eigenvalue weighted by Crippen LogP contribution is 2.04. The van der Waals surface area contributed by atoms with E-state index in [9.17, 15) is 4.79 Å². The van der Waals surface area contributed by atoms with Gasteiger partial charge in [0.05, 0.1) is 13.2 Å². The third-order valence-electron chi connectivity index (χ3n) is 1.79. The monoisotopic (exact) mass is 175 g/mol. The maximum atomic E-state index is 11.0. The lowest BCUT2D eigenvalue weighted by molar-refractivity contribution is -0.116. The van der Waals surface area contributed by atoms with Crippen molar-refractivity contribution in [1.82, 2.24) is 0 Å². The molecule has 0 unspecified atom stereocenters. The van der Waals surface area contributed by atoms with Crippen LogP contribution in [0.1, 0.15) is 13.3 Å². The Morgan fingerprint density at radius 1 is 1.45 bits per heavy atom. The van der Waals surface area contributed by atoms with E-state index in [2.05, 4.69) is 0 Å². The molecule has 1 aliphatic rings. The van der Waals surface area contributed by atoms with E-state index in [1.54, 1.807) is 0 Å². The molecule has 0 spiro atoms. The number of hydrogen-bond acceptors (Lipinski definition) is 2. The average molecular weight is 175 g/mol. The lowest BCUT2D eigenvalue weighted by Crippen LogP contribution is -2.31. The SMILES string of the molecule is CCC(=O)C[S+]1CCOCC1. The van der Waals surface area contributed by atoms with Gasteiger partial charge in [0.25, 0.3) is 0 Å². The number of hydrogen-bond donors (Lipinski definition) is 0. The summed E-state index contributed by atoms with van der Waals surface area (Å²) in [5.74, 6) is 3.42. The lowest BCUT2D eigenvalue weighted by atomic mass is 10.4. The van der Waals surface area contributed by atoms with Crippen molar-refractivity contribution in [1.29, 1.82) is 0 Å². The topological polar surface area (TPSA) is 26.3 Å². The maximum absolute atomic E-state index is 11.0. The largest absolute Gasteiger partial charge is 0.372 e. The molecular weight excluding hydrogens is 160 g/mol. The fourth-order valence-electron chi connectivity index (χ4n) is 1.03. The standard InChI is InChI=1S/C8H15O2S/c1-2-8(9)7-11-5-3-10-4-6-11/h2-7H2,1H3/q+1. The molecule has 0 bridgehead atoms. The zero-order chi connectivity index (χ0) is 8.10. The van der Waals surface area contributed by atoms with E-state index >= 15 is 0 Å². The quantitative estimate of drug-likeness (QED) is 0.588. The van der Waals surface area contributed by atoms with E-state index in [1.807, 2.05) is 6.92 Å². The number of Topliss-reactive ketones (excluding diaryl/α,β-unsaturated/α-hetero) is 1. The Bertz CT molecular complexity index is 130. The first-order valence-corrected chi connectivity index (χ1v) is 5.79. The fourth-order valence-corrected chi connectivity index (χ4v) is 2.89. The molecule has 1 rings (SSSR count). The highest BCUT2D eigenvalue weighted by atomic mass is 32.2. The van der Waals surface area contributed by atoms with Gasteiger partial charge in [0.2, 0.25) is 0 Å². The van der Waals surface area contributed by atoms with Crippen molar-refractivity contribution in [3.8, 4) is 0 Å². The van der Waals surface area contributed by atoms with E-state index in [4.69, 9.17) is 4.74 Å². The van der Waals surface area contributed by atoms with Crippen molar-refractivity contribution in [2.24, 2.45) is 0 Å². The van der Waals surface area contributed by atoms with Crippen LogP contribution in [0.3, 0.4) is 0 Å². The van der Waals surface area contributed by atoms with Crippen LogP contribution in [0.2, 0.25) is 0 Å². The predicted molar refractivity (Wildman–Crippen MR) is 48.1 cm³/mol. The van der Waals surface area contributed by atoms with Crippen LogP contribution in [0, 0.1) is 0 Å². The minimum atomic E-state index is 0.351. The van der Waals surface area contributed by atoms with Gasteiger partial charge in [-0.15, -0.1) is 0 Å². The van der Waals surface area contributed by atoms with Crippen LogP contribution < -0.4 is 0 Å². The fraction of sp³-hybridized carbons (Fsp3) is 0.875. The summed E-state index contributed by atoms with van der Waals surface area (Å²) >= 11 is 0. The van der Waals surface area contributed by atoms with E-state index < -0.39 is 0 Å². The van der Waals surface area contributed by atoms with Gasteiger partial charge >= 0.3 is 0 Å². The molecular formula is C8H15O2S+. The molecule has 11 heavy (non-hydrogen) atoms. The van der Waals surface area contributed by atoms with Crippen LogP contribution in [-0.4, -0.2) is 36.3 Å². The molecule has 0 aromatic rings. The molecule has 0 N–H and O–H groups in total. The van der Waals surface area contributed by atoms with E-state index in [0.29, 0.717) is 23.1 Å². The highest BCUT2D eigenvalue weighted by molar-refractivity contribution is 7.97. The van der Waals surface area contributed by atoms with Crippen molar-refractivity contribution >= 4 is 16.7 Å². The van der Waals surface area contributed by atoms with Gasteiger partial charge in [-0.2, -0.15) is 0 Å². The smallest absolute Gasteiger partial charge is 0.181 e. The summed E-state index contributed by atoms with van der Waals surface area (Å²) < 4.78 is 5.21. The van der Waals surface area contributed by atoms with Crippen LogP contribution in [0.5, 0.6) is 0 Å². The third kappa shape index (κ3) is 3.25. The van der Waals surface area contributed by atoms with Crippen molar-refractivity contribution in [2.75, 3.05) is 30.5 Å². The van der Waals surface area contributed by atoms with Gasteiger partial charge in [-0.1, -0.05) is 6.92 Å². The Morgan fingerprint density at radius 3 is 2.64 bits per heavy atom. The molecule has 0 aliphatic carbocycles. The van der Waals surface area contributed by atoms with Gasteiger partial charge in [0, 0.05) is 6.42 Å². The summed E-state index contributed by atoms with van der Waals surface area (Å²) in [5.41, 5.74) is 0. The Hall–Kier alpha value is -0.0200. The number of carbonyl (C=O) groups is 1. The van der Waals surface area contributed by atoms with Gasteiger partial charge < -0.3 is 4.74 Å². The van der Waals surface area contributed by atoms with Crippen LogP contribution in [0.15, 0.2) is 0 Å². The molecule has 1 aliphatic heterocycles. The number of carbonyl (C=O) groups excluding carboxylic acids is 1. The van der Waals surface area contributed by atoms with Crippen molar-refractivity contribution in [3.05, 3.63) is 0 Å². The van der Waals surface area contributed by atoms with Crippen LogP contribution in [-0.2, 0) is 20.4 Å². The molecule has 1 heterocycles. The number of ketones is 1. The Balaban J connectivity index is 2.19. The molecule has 0 amide bonds. The highest BCUT2D eigenvalue weighted by Gasteiger charge is 2.24.